The molecule has 0 fully saturated rings. The van der Waals surface area contributed by atoms with E-state index in [0.717, 1.165) is 0 Å². The highest BCUT2D eigenvalue weighted by Crippen LogP contribution is 2.30. The van der Waals surface area contributed by atoms with Gasteiger partial charge in [0.2, 0.25) is 0 Å². The molecule has 0 saturated carbocycles. The fourth-order valence-electron chi connectivity index (χ4n) is 2.05. The number of anilines is 1. The van der Waals surface area contributed by atoms with E-state index in [1.54, 1.807) is 11.9 Å². The molecule has 0 spiro atoms. The first-order valence-corrected chi connectivity index (χ1v) is 6.74. The van der Waals surface area contributed by atoms with Gasteiger partial charge < -0.3 is 9.29 Å². The SMILES string of the molecule is CSNc1cc(C(C)C)c2ccn(C)c2c1. The van der Waals surface area contributed by atoms with Crippen molar-refractivity contribution in [1.29, 1.82) is 0 Å². The number of hydrogen-bond donors (Lipinski definition) is 1. The lowest BCUT2D eigenvalue weighted by Crippen LogP contribution is -1.94. The van der Waals surface area contributed by atoms with E-state index < -0.39 is 0 Å². The molecule has 1 heterocycles. The van der Waals surface area contributed by atoms with Crippen molar-refractivity contribution in [2.75, 3.05) is 11.0 Å². The van der Waals surface area contributed by atoms with Crippen molar-refractivity contribution >= 4 is 28.5 Å². The molecule has 0 unspecified atom stereocenters. The Morgan fingerprint density at radius 3 is 2.69 bits per heavy atom. The summed E-state index contributed by atoms with van der Waals surface area (Å²) in [6.07, 6.45) is 4.17. The Morgan fingerprint density at radius 1 is 1.31 bits per heavy atom. The van der Waals surface area contributed by atoms with Gasteiger partial charge in [-0.1, -0.05) is 25.8 Å². The van der Waals surface area contributed by atoms with Crippen molar-refractivity contribution in [3.63, 3.8) is 0 Å². The molecule has 86 valence electrons. The molecule has 2 nitrogen and oxygen atoms in total. The second kappa shape index (κ2) is 4.42. The van der Waals surface area contributed by atoms with Crippen molar-refractivity contribution in [1.82, 2.24) is 4.57 Å². The van der Waals surface area contributed by atoms with Gasteiger partial charge in [-0.3, -0.25) is 0 Å². The molecule has 0 aliphatic carbocycles. The largest absolute Gasteiger partial charge is 0.350 e. The molecule has 0 aliphatic rings. The molecule has 2 rings (SSSR count). The number of fused-ring (bicyclic) bond motifs is 1. The number of nitrogens with zero attached hydrogens (tertiary/aromatic N) is 1. The molecular weight excluding hydrogens is 216 g/mol. The van der Waals surface area contributed by atoms with E-state index in [1.165, 1.54) is 22.2 Å². The Labute approximate surface area is 101 Å². The lowest BCUT2D eigenvalue weighted by Gasteiger charge is -2.12. The second-order valence-electron chi connectivity index (χ2n) is 4.39. The smallest absolute Gasteiger partial charge is 0.0501 e. The highest BCUT2D eigenvalue weighted by atomic mass is 32.2. The van der Waals surface area contributed by atoms with Crippen LogP contribution in [0, 0.1) is 0 Å². The summed E-state index contributed by atoms with van der Waals surface area (Å²) in [6.45, 7) is 4.48. The van der Waals surface area contributed by atoms with E-state index in [0.29, 0.717) is 5.92 Å². The van der Waals surface area contributed by atoms with Crippen molar-refractivity contribution < 1.29 is 0 Å². The summed E-state index contributed by atoms with van der Waals surface area (Å²) >= 11 is 1.63. The van der Waals surface area contributed by atoms with Crippen LogP contribution in [0.2, 0.25) is 0 Å². The number of aryl methyl sites for hydroxylation is 1. The Kier molecular flexibility index (Phi) is 3.15. The van der Waals surface area contributed by atoms with E-state index in [2.05, 4.69) is 54.6 Å². The number of benzene rings is 1. The van der Waals surface area contributed by atoms with Gasteiger partial charge in [-0.05, 0) is 29.7 Å². The summed E-state index contributed by atoms with van der Waals surface area (Å²) in [7, 11) is 2.09. The van der Waals surface area contributed by atoms with Crippen LogP contribution in [0.4, 0.5) is 5.69 Å². The topological polar surface area (TPSA) is 17.0 Å². The molecule has 1 N–H and O–H groups in total. The van der Waals surface area contributed by atoms with Crippen LogP contribution in [0.5, 0.6) is 0 Å². The molecule has 1 aromatic carbocycles. The van der Waals surface area contributed by atoms with Gasteiger partial charge in [-0.25, -0.2) is 0 Å². The summed E-state index contributed by atoms with van der Waals surface area (Å²) in [4.78, 5) is 0. The molecule has 1 aromatic heterocycles. The van der Waals surface area contributed by atoms with Crippen LogP contribution in [0.25, 0.3) is 10.9 Å². The highest BCUT2D eigenvalue weighted by molar-refractivity contribution is 7.99. The fourth-order valence-corrected chi connectivity index (χ4v) is 2.41. The van der Waals surface area contributed by atoms with Crippen LogP contribution >= 0.6 is 11.9 Å². The van der Waals surface area contributed by atoms with E-state index in [4.69, 9.17) is 0 Å². The molecule has 0 radical (unpaired) electrons. The molecule has 2 aromatic rings. The van der Waals surface area contributed by atoms with Gasteiger partial charge in [0.05, 0.1) is 5.52 Å². The van der Waals surface area contributed by atoms with E-state index in [1.807, 2.05) is 6.26 Å². The maximum atomic E-state index is 3.32. The van der Waals surface area contributed by atoms with Crippen molar-refractivity contribution in [3.05, 3.63) is 30.0 Å². The summed E-state index contributed by atoms with van der Waals surface area (Å²) in [5.41, 5.74) is 3.89. The van der Waals surface area contributed by atoms with Gasteiger partial charge in [0, 0.05) is 30.6 Å². The minimum Gasteiger partial charge on any atom is -0.350 e. The third kappa shape index (κ3) is 1.92. The zero-order valence-corrected chi connectivity index (χ0v) is 11.1. The predicted octanol–water partition coefficient (Wildman–Crippen LogP) is 3.99. The normalized spacial score (nSPS) is 11.3. The summed E-state index contributed by atoms with van der Waals surface area (Å²) < 4.78 is 5.49. The number of aromatic nitrogens is 1. The molecule has 16 heavy (non-hydrogen) atoms. The maximum absolute atomic E-state index is 3.32. The minimum atomic E-state index is 0.550. The number of hydrogen-bond acceptors (Lipinski definition) is 2. The first-order valence-electron chi connectivity index (χ1n) is 5.51. The summed E-state index contributed by atoms with van der Waals surface area (Å²) in [5, 5.41) is 1.36. The van der Waals surface area contributed by atoms with Gasteiger partial charge >= 0.3 is 0 Å². The lowest BCUT2D eigenvalue weighted by molar-refractivity contribution is 0.876. The van der Waals surface area contributed by atoms with Crippen molar-refractivity contribution in [3.8, 4) is 0 Å². The van der Waals surface area contributed by atoms with Crippen molar-refractivity contribution in [2.45, 2.75) is 19.8 Å². The Balaban J connectivity index is 2.65. The quantitative estimate of drug-likeness (QED) is 0.809. The standard InChI is InChI=1S/C13H18N2S/c1-9(2)12-7-10(14-16-4)8-13-11(12)5-6-15(13)3/h5-9,14H,1-4H3. The van der Waals surface area contributed by atoms with Crippen LogP contribution in [0.1, 0.15) is 25.3 Å². The van der Waals surface area contributed by atoms with Crippen LogP contribution < -0.4 is 4.72 Å². The molecule has 0 bridgehead atoms. The zero-order valence-electron chi connectivity index (χ0n) is 10.2. The Hall–Kier alpha value is -1.09. The molecule has 0 saturated heterocycles. The third-order valence-corrected chi connectivity index (χ3v) is 3.32. The van der Waals surface area contributed by atoms with Crippen LogP contribution in [-0.4, -0.2) is 10.8 Å². The number of nitrogens with one attached hydrogen (secondary N) is 1. The highest BCUT2D eigenvalue weighted by Gasteiger charge is 2.09. The van der Waals surface area contributed by atoms with Gasteiger partial charge in [-0.15, -0.1) is 0 Å². The molecule has 0 aliphatic heterocycles. The molecule has 3 heteroatoms. The Morgan fingerprint density at radius 2 is 2.06 bits per heavy atom. The zero-order chi connectivity index (χ0) is 11.7. The average molecular weight is 234 g/mol. The van der Waals surface area contributed by atoms with Crippen LogP contribution in [0.15, 0.2) is 24.4 Å². The summed E-state index contributed by atoms with van der Waals surface area (Å²) in [6, 6.07) is 6.66. The van der Waals surface area contributed by atoms with Gasteiger partial charge in [0.25, 0.3) is 0 Å². The second-order valence-corrected chi connectivity index (χ2v) is 5.00. The third-order valence-electron chi connectivity index (χ3n) is 2.88. The molecular formula is C13H18N2S. The monoisotopic (exact) mass is 234 g/mol. The van der Waals surface area contributed by atoms with E-state index >= 15 is 0 Å². The van der Waals surface area contributed by atoms with Crippen LogP contribution in [-0.2, 0) is 7.05 Å². The first-order chi connectivity index (χ1) is 7.63. The van der Waals surface area contributed by atoms with E-state index in [-0.39, 0.29) is 0 Å². The van der Waals surface area contributed by atoms with Gasteiger partial charge in [0.1, 0.15) is 0 Å². The van der Waals surface area contributed by atoms with Crippen LogP contribution in [0.3, 0.4) is 0 Å². The molecule has 0 atom stereocenters. The summed E-state index contributed by atoms with van der Waals surface area (Å²) in [5.74, 6) is 0.550. The predicted molar refractivity (Wildman–Crippen MR) is 74.1 cm³/mol. The van der Waals surface area contributed by atoms with Gasteiger partial charge in [0.15, 0.2) is 0 Å². The number of rotatable bonds is 3. The fraction of sp³-hybridized carbons (Fsp3) is 0.385. The Bertz CT molecular complexity index is 500. The molecule has 0 amide bonds. The lowest BCUT2D eigenvalue weighted by atomic mass is 9.98. The van der Waals surface area contributed by atoms with Crippen molar-refractivity contribution in [2.24, 2.45) is 7.05 Å². The average Bonchev–Trinajstić information content (AvgIpc) is 2.60. The minimum absolute atomic E-state index is 0.550. The van der Waals surface area contributed by atoms with E-state index in [9.17, 15) is 0 Å². The first kappa shape index (κ1) is 11.4. The van der Waals surface area contributed by atoms with Gasteiger partial charge in [-0.2, -0.15) is 0 Å². The maximum Gasteiger partial charge on any atom is 0.0501 e.